The van der Waals surface area contributed by atoms with Crippen LogP contribution < -0.4 is 20.7 Å². The Balaban J connectivity index is 1.53. The number of methoxy groups -OCH3 is 1. The fourth-order valence-corrected chi connectivity index (χ4v) is 4.49. The van der Waals surface area contributed by atoms with E-state index in [0.29, 0.717) is 34.0 Å². The van der Waals surface area contributed by atoms with Crippen LogP contribution in [0.2, 0.25) is 0 Å². The van der Waals surface area contributed by atoms with Crippen LogP contribution in [-0.4, -0.2) is 35.3 Å². The predicted octanol–water partition coefficient (Wildman–Crippen LogP) is 6.62. The van der Waals surface area contributed by atoms with Crippen molar-refractivity contribution in [2.75, 3.05) is 17.7 Å². The highest BCUT2D eigenvalue weighted by Crippen LogP contribution is 2.37. The minimum Gasteiger partial charge on any atom is -0.497 e. The van der Waals surface area contributed by atoms with Crippen molar-refractivity contribution >= 4 is 34.1 Å². The van der Waals surface area contributed by atoms with Crippen LogP contribution in [0.1, 0.15) is 16.7 Å². The third-order valence-corrected chi connectivity index (χ3v) is 6.61. The first-order valence-electron chi connectivity index (χ1n) is 12.0. The van der Waals surface area contributed by atoms with Gasteiger partial charge in [-0.2, -0.15) is 26.3 Å². The maximum absolute atomic E-state index is 13.2. The molecule has 4 aromatic rings. The molecule has 0 fully saturated rings. The molecule has 15 heteroatoms. The predicted molar refractivity (Wildman–Crippen MR) is 143 cm³/mol. The lowest BCUT2D eigenvalue weighted by Crippen LogP contribution is -2.47. The zero-order valence-electron chi connectivity index (χ0n) is 21.5. The molecule has 0 bridgehead atoms. The number of anilines is 2. The van der Waals surface area contributed by atoms with Gasteiger partial charge in [0.05, 0.1) is 18.2 Å². The van der Waals surface area contributed by atoms with Gasteiger partial charge in [0.15, 0.2) is 0 Å². The summed E-state index contributed by atoms with van der Waals surface area (Å²) in [5, 5.41) is 15.4. The smallest absolute Gasteiger partial charge is 0.416 e. The molecule has 8 nitrogen and oxygen atoms in total. The average molecular weight is 610 g/mol. The molecule has 0 aliphatic rings. The van der Waals surface area contributed by atoms with Crippen LogP contribution in [0.5, 0.6) is 5.75 Å². The Hall–Kier alpha value is -4.66. The number of carbonyl (C=O) groups excluding carboxylic acids is 2. The molecule has 3 N–H and O–H groups in total. The number of benzene rings is 3. The zero-order chi connectivity index (χ0) is 30.5. The van der Waals surface area contributed by atoms with E-state index in [1.165, 1.54) is 7.11 Å². The number of halogens is 6. The molecular weight excluding hydrogens is 588 g/mol. The fourth-order valence-electron chi connectivity index (χ4n) is 3.75. The average Bonchev–Trinajstić information content (AvgIpc) is 3.40. The van der Waals surface area contributed by atoms with Gasteiger partial charge in [-0.1, -0.05) is 53.8 Å². The highest BCUT2D eigenvalue weighted by atomic mass is 32.1. The maximum Gasteiger partial charge on any atom is 0.416 e. The van der Waals surface area contributed by atoms with E-state index in [1.807, 2.05) is 5.32 Å². The lowest BCUT2D eigenvalue weighted by Gasteiger charge is -2.19. The molecule has 1 aromatic heterocycles. The van der Waals surface area contributed by atoms with Crippen LogP contribution in [0.4, 0.5) is 42.0 Å². The minimum atomic E-state index is -5.10. The topological polar surface area (TPSA) is 105 Å². The molecule has 0 saturated carbocycles. The summed E-state index contributed by atoms with van der Waals surface area (Å²) < 4.78 is 84.5. The number of urea groups is 1. The van der Waals surface area contributed by atoms with E-state index in [4.69, 9.17) is 4.74 Å². The molecule has 3 aromatic carbocycles. The molecule has 220 valence electrons. The largest absolute Gasteiger partial charge is 0.497 e. The van der Waals surface area contributed by atoms with Crippen molar-refractivity contribution in [3.05, 3.63) is 89.5 Å². The molecule has 0 spiro atoms. The first-order chi connectivity index (χ1) is 19.8. The summed E-state index contributed by atoms with van der Waals surface area (Å²) in [4.78, 5) is 25.9. The van der Waals surface area contributed by atoms with Crippen molar-refractivity contribution in [3.63, 3.8) is 0 Å². The zero-order valence-corrected chi connectivity index (χ0v) is 22.3. The van der Waals surface area contributed by atoms with Gasteiger partial charge in [-0.3, -0.25) is 10.1 Å². The van der Waals surface area contributed by atoms with Crippen molar-refractivity contribution in [1.82, 2.24) is 15.5 Å². The van der Waals surface area contributed by atoms with Gasteiger partial charge < -0.3 is 15.4 Å². The third kappa shape index (κ3) is 7.96. The number of ether oxygens (including phenoxy) is 1. The summed E-state index contributed by atoms with van der Waals surface area (Å²) in [5.41, 5.74) is -2.68. The van der Waals surface area contributed by atoms with Gasteiger partial charge >= 0.3 is 18.4 Å². The van der Waals surface area contributed by atoms with Gasteiger partial charge in [0.1, 0.15) is 16.8 Å². The first-order valence-corrected chi connectivity index (χ1v) is 12.8. The second kappa shape index (κ2) is 12.5. The summed E-state index contributed by atoms with van der Waals surface area (Å²) in [6, 6.07) is 13.6. The highest BCUT2D eigenvalue weighted by molar-refractivity contribution is 7.18. The summed E-state index contributed by atoms with van der Waals surface area (Å²) in [6.45, 7) is 0. The number of amides is 3. The van der Waals surface area contributed by atoms with Crippen LogP contribution in [0.15, 0.2) is 72.8 Å². The van der Waals surface area contributed by atoms with Gasteiger partial charge in [0, 0.05) is 17.7 Å². The summed E-state index contributed by atoms with van der Waals surface area (Å²) in [6.07, 6.45) is -10.3. The molecule has 4 rings (SSSR count). The molecule has 1 atom stereocenters. The molecule has 1 unspecified atom stereocenters. The SMILES string of the molecule is COc1cccc(-c2nnc(NC(=O)C(Cc3ccccc3)NC(=O)Nc3cc(C(F)(F)F)cc(C(F)(F)F)c3)s2)c1. The van der Waals surface area contributed by atoms with Crippen LogP contribution in [0, 0.1) is 0 Å². The highest BCUT2D eigenvalue weighted by Gasteiger charge is 2.37. The maximum atomic E-state index is 13.2. The van der Waals surface area contributed by atoms with Crippen LogP contribution in [0.25, 0.3) is 10.6 Å². The molecule has 0 aliphatic carbocycles. The number of alkyl halides is 6. The van der Waals surface area contributed by atoms with Crippen molar-refractivity contribution < 1.29 is 40.7 Å². The van der Waals surface area contributed by atoms with E-state index in [-0.39, 0.29) is 17.6 Å². The van der Waals surface area contributed by atoms with E-state index in [2.05, 4.69) is 20.8 Å². The van der Waals surface area contributed by atoms with E-state index >= 15 is 0 Å². The van der Waals surface area contributed by atoms with E-state index < -0.39 is 47.1 Å². The van der Waals surface area contributed by atoms with Crippen molar-refractivity contribution in [1.29, 1.82) is 0 Å². The molecule has 3 amide bonds. The Labute approximate surface area is 238 Å². The second-order valence-corrected chi connectivity index (χ2v) is 9.75. The first kappa shape index (κ1) is 30.3. The fraction of sp³-hybridized carbons (Fsp3) is 0.185. The third-order valence-electron chi connectivity index (χ3n) is 5.72. The van der Waals surface area contributed by atoms with Gasteiger partial charge in [0.25, 0.3) is 0 Å². The lowest BCUT2D eigenvalue weighted by molar-refractivity contribution is -0.143. The normalized spacial score (nSPS) is 12.4. The molecule has 1 heterocycles. The van der Waals surface area contributed by atoms with E-state index in [1.54, 1.807) is 54.6 Å². The van der Waals surface area contributed by atoms with Gasteiger partial charge in [-0.05, 0) is 35.9 Å². The number of aromatic nitrogens is 2. The Kier molecular flexibility index (Phi) is 8.99. The second-order valence-electron chi connectivity index (χ2n) is 8.77. The quantitative estimate of drug-likeness (QED) is 0.195. The summed E-state index contributed by atoms with van der Waals surface area (Å²) in [5.74, 6) is -0.170. The summed E-state index contributed by atoms with van der Waals surface area (Å²) in [7, 11) is 1.50. The van der Waals surface area contributed by atoms with Crippen LogP contribution >= 0.6 is 11.3 Å². The molecule has 0 saturated heterocycles. The number of hydrogen-bond donors (Lipinski definition) is 3. The van der Waals surface area contributed by atoms with Gasteiger partial charge in [-0.15, -0.1) is 10.2 Å². The van der Waals surface area contributed by atoms with Crippen LogP contribution in [0.3, 0.4) is 0 Å². The molecular formula is C27H21F6N5O3S. The number of rotatable bonds is 8. The summed E-state index contributed by atoms with van der Waals surface area (Å²) >= 11 is 1.04. The van der Waals surface area contributed by atoms with Gasteiger partial charge in [0.2, 0.25) is 11.0 Å². The molecule has 42 heavy (non-hydrogen) atoms. The Morgan fingerprint density at radius 2 is 1.52 bits per heavy atom. The van der Waals surface area contributed by atoms with Crippen molar-refractivity contribution in [2.45, 2.75) is 24.8 Å². The van der Waals surface area contributed by atoms with E-state index in [9.17, 15) is 35.9 Å². The Bertz CT molecular complexity index is 1530. The number of carbonyl (C=O) groups is 2. The molecule has 0 radical (unpaired) electrons. The van der Waals surface area contributed by atoms with Crippen molar-refractivity contribution in [2.24, 2.45) is 0 Å². The Morgan fingerprint density at radius 1 is 0.857 bits per heavy atom. The Morgan fingerprint density at radius 3 is 2.14 bits per heavy atom. The van der Waals surface area contributed by atoms with Gasteiger partial charge in [-0.25, -0.2) is 4.79 Å². The lowest BCUT2D eigenvalue weighted by atomic mass is 10.1. The number of hydrogen-bond acceptors (Lipinski definition) is 6. The van der Waals surface area contributed by atoms with Crippen LogP contribution in [-0.2, 0) is 23.6 Å². The van der Waals surface area contributed by atoms with Crippen molar-refractivity contribution in [3.8, 4) is 16.3 Å². The number of nitrogens with one attached hydrogen (secondary N) is 3. The standard InChI is InChI=1S/C27H21F6N5O3S/c1-41-20-9-5-8-16(11-20)23-37-38-25(42-23)36-22(39)21(10-15-6-3-2-4-7-15)35-24(40)34-19-13-17(26(28,29)30)12-18(14-19)27(31,32)33/h2-9,11-14,21H,10H2,1H3,(H2,34,35,40)(H,36,38,39). The monoisotopic (exact) mass is 609 g/mol. The van der Waals surface area contributed by atoms with E-state index in [0.717, 1.165) is 11.3 Å². The number of nitrogens with zero attached hydrogens (tertiary/aromatic N) is 2. The minimum absolute atomic E-state index is 0.0575. The molecule has 0 aliphatic heterocycles.